The molecule has 0 aromatic carbocycles. The zero-order chi connectivity index (χ0) is 11.5. The Morgan fingerprint density at radius 3 is 3.19 bits per heavy atom. The van der Waals surface area contributed by atoms with Crippen LogP contribution in [0.4, 0.5) is 5.69 Å². The first kappa shape index (κ1) is 11.4. The average molecular weight is 243 g/mol. The fraction of sp³-hybridized carbons (Fsp3) is 0.600. The van der Waals surface area contributed by atoms with Gasteiger partial charge < -0.3 is 10.6 Å². The van der Waals surface area contributed by atoms with E-state index >= 15 is 0 Å². The van der Waals surface area contributed by atoms with Gasteiger partial charge in [0.25, 0.3) is 5.56 Å². The lowest BCUT2D eigenvalue weighted by Crippen LogP contribution is -2.39. The lowest BCUT2D eigenvalue weighted by Gasteiger charge is -2.24. The number of hydrogen-bond acceptors (Lipinski definition) is 4. The monoisotopic (exact) mass is 242 g/mol. The van der Waals surface area contributed by atoms with E-state index in [1.54, 1.807) is 13.2 Å². The Labute approximate surface area is 98.8 Å². The molecule has 1 atom stereocenters. The highest BCUT2D eigenvalue weighted by Crippen LogP contribution is 2.17. The maximum atomic E-state index is 11.5. The Balaban J connectivity index is 2.15. The van der Waals surface area contributed by atoms with E-state index in [0.717, 1.165) is 25.9 Å². The van der Waals surface area contributed by atoms with Gasteiger partial charge in [0.1, 0.15) is 5.02 Å². The largest absolute Gasteiger partial charge is 0.378 e. The minimum absolute atomic E-state index is 0.211. The van der Waals surface area contributed by atoms with Crippen LogP contribution < -0.4 is 16.2 Å². The maximum Gasteiger partial charge on any atom is 0.287 e. The third-order valence-electron chi connectivity index (χ3n) is 2.73. The van der Waals surface area contributed by atoms with E-state index in [9.17, 15) is 4.79 Å². The number of aryl methyl sites for hydroxylation is 1. The molecule has 1 unspecified atom stereocenters. The minimum atomic E-state index is -0.268. The van der Waals surface area contributed by atoms with Gasteiger partial charge in [-0.15, -0.1) is 0 Å². The van der Waals surface area contributed by atoms with Crippen LogP contribution in [0.2, 0.25) is 5.02 Å². The van der Waals surface area contributed by atoms with Crippen LogP contribution in [-0.4, -0.2) is 28.9 Å². The molecule has 16 heavy (non-hydrogen) atoms. The first-order chi connectivity index (χ1) is 7.68. The number of halogens is 1. The van der Waals surface area contributed by atoms with Crippen LogP contribution in [0.1, 0.15) is 12.8 Å². The Morgan fingerprint density at radius 1 is 1.69 bits per heavy atom. The third kappa shape index (κ3) is 2.36. The lowest BCUT2D eigenvalue weighted by atomic mass is 10.1. The minimum Gasteiger partial charge on any atom is -0.378 e. The molecule has 88 valence electrons. The molecular weight excluding hydrogens is 228 g/mol. The molecule has 1 aliphatic heterocycles. The molecule has 2 rings (SSSR count). The summed E-state index contributed by atoms with van der Waals surface area (Å²) in [5, 5.41) is 10.7. The second kappa shape index (κ2) is 4.84. The van der Waals surface area contributed by atoms with E-state index in [0.29, 0.717) is 11.7 Å². The van der Waals surface area contributed by atoms with E-state index < -0.39 is 0 Å². The number of hydrogen-bond donors (Lipinski definition) is 2. The molecule has 0 radical (unpaired) electrons. The second-order valence-electron chi connectivity index (χ2n) is 3.99. The smallest absolute Gasteiger partial charge is 0.287 e. The van der Waals surface area contributed by atoms with Crippen molar-refractivity contribution in [3.05, 3.63) is 21.6 Å². The van der Waals surface area contributed by atoms with Gasteiger partial charge in [0.15, 0.2) is 0 Å². The van der Waals surface area contributed by atoms with Crippen molar-refractivity contribution in [2.75, 3.05) is 18.4 Å². The lowest BCUT2D eigenvalue weighted by molar-refractivity contribution is 0.479. The topological polar surface area (TPSA) is 59.0 Å². The van der Waals surface area contributed by atoms with Crippen LogP contribution in [0.5, 0.6) is 0 Å². The molecule has 1 aromatic heterocycles. The molecule has 0 spiro atoms. The van der Waals surface area contributed by atoms with Gasteiger partial charge in [0.05, 0.1) is 11.9 Å². The predicted molar refractivity (Wildman–Crippen MR) is 64.0 cm³/mol. The summed E-state index contributed by atoms with van der Waals surface area (Å²) in [5.74, 6) is 0. The van der Waals surface area contributed by atoms with Gasteiger partial charge in [0.2, 0.25) is 0 Å². The maximum absolute atomic E-state index is 11.5. The number of aromatic nitrogens is 2. The molecule has 0 saturated carbocycles. The van der Waals surface area contributed by atoms with Gasteiger partial charge in [-0.25, -0.2) is 4.68 Å². The summed E-state index contributed by atoms with van der Waals surface area (Å²) in [6, 6.07) is 0.320. The standard InChI is InChI=1S/C10H15ClN4O/c1-15-10(16)9(11)8(6-13-15)14-7-3-2-4-12-5-7/h6-7,12,14H,2-5H2,1H3. The first-order valence-corrected chi connectivity index (χ1v) is 5.75. The molecule has 2 heterocycles. The van der Waals surface area contributed by atoms with Gasteiger partial charge in [-0.2, -0.15) is 5.10 Å². The molecule has 0 aliphatic carbocycles. The molecule has 1 saturated heterocycles. The molecule has 6 heteroatoms. The molecule has 1 aromatic rings. The highest BCUT2D eigenvalue weighted by molar-refractivity contribution is 6.32. The number of piperidine rings is 1. The van der Waals surface area contributed by atoms with Gasteiger partial charge in [-0.1, -0.05) is 11.6 Å². The van der Waals surface area contributed by atoms with Crippen molar-refractivity contribution in [2.45, 2.75) is 18.9 Å². The van der Waals surface area contributed by atoms with E-state index in [1.807, 2.05) is 0 Å². The van der Waals surface area contributed by atoms with Crippen LogP contribution in [0.25, 0.3) is 0 Å². The summed E-state index contributed by atoms with van der Waals surface area (Å²) < 4.78 is 1.23. The van der Waals surface area contributed by atoms with Crippen molar-refractivity contribution >= 4 is 17.3 Å². The number of nitrogens with zero attached hydrogens (tertiary/aromatic N) is 2. The van der Waals surface area contributed by atoms with Gasteiger partial charge >= 0.3 is 0 Å². The molecule has 2 N–H and O–H groups in total. The number of rotatable bonds is 2. The highest BCUT2D eigenvalue weighted by atomic mass is 35.5. The zero-order valence-electron chi connectivity index (χ0n) is 9.16. The summed E-state index contributed by atoms with van der Waals surface area (Å²) in [7, 11) is 1.58. The Hall–Kier alpha value is -1.07. The van der Waals surface area contributed by atoms with Crippen molar-refractivity contribution in [3.63, 3.8) is 0 Å². The van der Waals surface area contributed by atoms with E-state index in [4.69, 9.17) is 11.6 Å². The van der Waals surface area contributed by atoms with Crippen LogP contribution in [0, 0.1) is 0 Å². The van der Waals surface area contributed by atoms with Crippen molar-refractivity contribution in [1.29, 1.82) is 0 Å². The van der Waals surface area contributed by atoms with Crippen molar-refractivity contribution < 1.29 is 0 Å². The average Bonchev–Trinajstić information content (AvgIpc) is 2.31. The van der Waals surface area contributed by atoms with E-state index in [1.165, 1.54) is 4.68 Å². The van der Waals surface area contributed by atoms with Crippen molar-refractivity contribution in [1.82, 2.24) is 15.1 Å². The molecule has 0 amide bonds. The Bertz CT molecular complexity index is 425. The summed E-state index contributed by atoms with van der Waals surface area (Å²) in [6.45, 7) is 1.95. The summed E-state index contributed by atoms with van der Waals surface area (Å²) in [5.41, 5.74) is 0.355. The highest BCUT2D eigenvalue weighted by Gasteiger charge is 2.15. The van der Waals surface area contributed by atoms with Gasteiger partial charge in [-0.05, 0) is 19.4 Å². The first-order valence-electron chi connectivity index (χ1n) is 5.37. The van der Waals surface area contributed by atoms with Crippen LogP contribution in [0.15, 0.2) is 11.0 Å². The molecular formula is C10H15ClN4O. The predicted octanol–water partition coefficient (Wildman–Crippen LogP) is 0.598. The van der Waals surface area contributed by atoms with Crippen LogP contribution in [0.3, 0.4) is 0 Å². The SMILES string of the molecule is Cn1ncc(NC2CCCNC2)c(Cl)c1=O. The third-order valence-corrected chi connectivity index (χ3v) is 3.10. The Kier molecular flexibility index (Phi) is 3.46. The van der Waals surface area contributed by atoms with Crippen molar-refractivity contribution in [2.24, 2.45) is 7.05 Å². The summed E-state index contributed by atoms with van der Waals surface area (Å²) in [6.07, 6.45) is 3.81. The Morgan fingerprint density at radius 2 is 2.50 bits per heavy atom. The van der Waals surface area contributed by atoms with Crippen LogP contribution in [-0.2, 0) is 7.05 Å². The van der Waals surface area contributed by atoms with Crippen LogP contribution >= 0.6 is 11.6 Å². The summed E-state index contributed by atoms with van der Waals surface area (Å²) >= 11 is 5.96. The molecule has 0 bridgehead atoms. The van der Waals surface area contributed by atoms with E-state index in [-0.39, 0.29) is 10.6 Å². The zero-order valence-corrected chi connectivity index (χ0v) is 9.92. The quantitative estimate of drug-likeness (QED) is 0.798. The van der Waals surface area contributed by atoms with Crippen molar-refractivity contribution in [3.8, 4) is 0 Å². The molecule has 1 aliphatic rings. The fourth-order valence-corrected chi connectivity index (χ4v) is 2.03. The fourth-order valence-electron chi connectivity index (χ4n) is 1.81. The van der Waals surface area contributed by atoms with Gasteiger partial charge in [0, 0.05) is 19.6 Å². The molecule has 5 nitrogen and oxygen atoms in total. The normalized spacial score (nSPS) is 20.8. The van der Waals surface area contributed by atoms with E-state index in [2.05, 4.69) is 15.7 Å². The second-order valence-corrected chi connectivity index (χ2v) is 4.37. The van der Waals surface area contributed by atoms with Gasteiger partial charge in [-0.3, -0.25) is 4.79 Å². The summed E-state index contributed by atoms with van der Waals surface area (Å²) in [4.78, 5) is 11.5. The number of nitrogens with one attached hydrogen (secondary N) is 2. The molecule has 1 fully saturated rings. The number of anilines is 1.